The topological polar surface area (TPSA) is 74.0 Å². The van der Waals surface area contributed by atoms with Gasteiger partial charge in [0.15, 0.2) is 0 Å². The SMILES string of the molecule is Cc1nn(-c2ccccc2)c(C)c1NC(=O)c1ccc(OCc2nccn2C)cc1. The molecule has 0 fully saturated rings. The maximum atomic E-state index is 12.8. The summed E-state index contributed by atoms with van der Waals surface area (Å²) >= 11 is 0. The maximum Gasteiger partial charge on any atom is 0.255 e. The van der Waals surface area contributed by atoms with E-state index >= 15 is 0 Å². The van der Waals surface area contributed by atoms with Crippen LogP contribution in [0, 0.1) is 13.8 Å². The summed E-state index contributed by atoms with van der Waals surface area (Å²) in [5, 5.41) is 7.56. The average Bonchev–Trinajstić information content (AvgIpc) is 3.30. The van der Waals surface area contributed by atoms with Crippen LogP contribution in [0.25, 0.3) is 5.69 Å². The zero-order valence-electron chi connectivity index (χ0n) is 17.2. The predicted molar refractivity (Wildman–Crippen MR) is 115 cm³/mol. The molecule has 1 N–H and O–H groups in total. The maximum absolute atomic E-state index is 12.8. The number of aryl methyl sites for hydroxylation is 2. The van der Waals surface area contributed by atoms with E-state index in [1.54, 1.807) is 30.5 Å². The summed E-state index contributed by atoms with van der Waals surface area (Å²) in [7, 11) is 1.92. The third-order valence-corrected chi connectivity index (χ3v) is 4.94. The van der Waals surface area contributed by atoms with E-state index in [9.17, 15) is 4.79 Å². The van der Waals surface area contributed by atoms with Crippen LogP contribution in [0.5, 0.6) is 5.75 Å². The average molecular weight is 401 g/mol. The predicted octanol–water partition coefficient (Wildman–Crippen LogP) is 4.05. The molecule has 2 aromatic carbocycles. The standard InChI is InChI=1S/C23H23N5O2/c1-16-22(17(2)28(26-16)19-7-5-4-6-8-19)25-23(29)18-9-11-20(12-10-18)30-15-21-24-13-14-27(21)3/h4-14H,15H2,1-3H3,(H,25,29). The highest BCUT2D eigenvalue weighted by Gasteiger charge is 2.16. The molecule has 0 spiro atoms. The van der Waals surface area contributed by atoms with E-state index in [0.717, 1.165) is 28.6 Å². The van der Waals surface area contributed by atoms with Gasteiger partial charge in [-0.3, -0.25) is 4.79 Å². The number of aromatic nitrogens is 4. The molecule has 0 atom stereocenters. The van der Waals surface area contributed by atoms with Crippen molar-refractivity contribution >= 4 is 11.6 Å². The molecule has 0 unspecified atom stereocenters. The zero-order chi connectivity index (χ0) is 21.1. The molecular formula is C23H23N5O2. The van der Waals surface area contributed by atoms with E-state index in [1.165, 1.54) is 0 Å². The molecule has 2 aromatic heterocycles. The Kier molecular flexibility index (Phi) is 5.34. The van der Waals surface area contributed by atoms with Gasteiger partial charge in [0.05, 0.1) is 22.8 Å². The van der Waals surface area contributed by atoms with Crippen LogP contribution in [-0.2, 0) is 13.7 Å². The molecule has 30 heavy (non-hydrogen) atoms. The van der Waals surface area contributed by atoms with Crippen LogP contribution < -0.4 is 10.1 Å². The van der Waals surface area contributed by atoms with Crippen molar-refractivity contribution in [3.05, 3.63) is 89.8 Å². The molecule has 152 valence electrons. The number of hydrogen-bond acceptors (Lipinski definition) is 4. The molecule has 0 saturated heterocycles. The molecule has 1 amide bonds. The minimum Gasteiger partial charge on any atom is -0.486 e. The van der Waals surface area contributed by atoms with Gasteiger partial charge in [0.1, 0.15) is 18.2 Å². The third kappa shape index (κ3) is 3.96. The molecular weight excluding hydrogens is 378 g/mol. The van der Waals surface area contributed by atoms with E-state index in [2.05, 4.69) is 15.4 Å². The Morgan fingerprint density at radius 2 is 1.80 bits per heavy atom. The van der Waals surface area contributed by atoms with Gasteiger partial charge in [-0.15, -0.1) is 0 Å². The fourth-order valence-electron chi connectivity index (χ4n) is 3.22. The second-order valence-corrected chi connectivity index (χ2v) is 7.01. The number of benzene rings is 2. The van der Waals surface area contributed by atoms with E-state index in [4.69, 9.17) is 4.74 Å². The molecule has 0 aliphatic heterocycles. The van der Waals surface area contributed by atoms with Gasteiger partial charge in [0.2, 0.25) is 0 Å². The summed E-state index contributed by atoms with van der Waals surface area (Å²) in [5.74, 6) is 1.32. The number of para-hydroxylation sites is 1. The van der Waals surface area contributed by atoms with Crippen LogP contribution in [0.4, 0.5) is 5.69 Å². The van der Waals surface area contributed by atoms with Gasteiger partial charge in [-0.2, -0.15) is 5.10 Å². The zero-order valence-corrected chi connectivity index (χ0v) is 17.2. The molecule has 0 radical (unpaired) electrons. The number of nitrogens with zero attached hydrogens (tertiary/aromatic N) is 4. The summed E-state index contributed by atoms with van der Waals surface area (Å²) in [6.07, 6.45) is 3.60. The van der Waals surface area contributed by atoms with Gasteiger partial charge >= 0.3 is 0 Å². The number of imidazole rings is 1. The lowest BCUT2D eigenvalue weighted by Crippen LogP contribution is -2.13. The number of carbonyl (C=O) groups is 1. The van der Waals surface area contributed by atoms with Gasteiger partial charge in [0.25, 0.3) is 5.91 Å². The first kappa shape index (κ1) is 19.4. The van der Waals surface area contributed by atoms with Crippen molar-refractivity contribution in [3.8, 4) is 11.4 Å². The molecule has 2 heterocycles. The number of anilines is 1. The molecule has 7 heteroatoms. The highest BCUT2D eigenvalue weighted by Crippen LogP contribution is 2.24. The smallest absolute Gasteiger partial charge is 0.255 e. The minimum absolute atomic E-state index is 0.190. The van der Waals surface area contributed by atoms with Gasteiger partial charge in [0, 0.05) is 25.0 Å². The van der Waals surface area contributed by atoms with Crippen molar-refractivity contribution in [2.75, 3.05) is 5.32 Å². The number of carbonyl (C=O) groups excluding carboxylic acids is 1. The van der Waals surface area contributed by atoms with Crippen molar-refractivity contribution in [2.45, 2.75) is 20.5 Å². The van der Waals surface area contributed by atoms with E-state index in [-0.39, 0.29) is 5.91 Å². The highest BCUT2D eigenvalue weighted by atomic mass is 16.5. The Bertz CT molecular complexity index is 1160. The normalized spacial score (nSPS) is 10.8. The largest absolute Gasteiger partial charge is 0.486 e. The molecule has 4 aromatic rings. The summed E-state index contributed by atoms with van der Waals surface area (Å²) in [4.78, 5) is 17.0. The third-order valence-electron chi connectivity index (χ3n) is 4.94. The van der Waals surface area contributed by atoms with Crippen LogP contribution in [0.3, 0.4) is 0 Å². The molecule has 0 aliphatic carbocycles. The van der Waals surface area contributed by atoms with Crippen LogP contribution in [0.2, 0.25) is 0 Å². The molecule has 7 nitrogen and oxygen atoms in total. The number of hydrogen-bond donors (Lipinski definition) is 1. The first-order chi connectivity index (χ1) is 14.5. The Balaban J connectivity index is 1.45. The summed E-state index contributed by atoms with van der Waals surface area (Å²) in [6, 6.07) is 16.9. The van der Waals surface area contributed by atoms with Crippen LogP contribution in [-0.4, -0.2) is 25.2 Å². The second kappa shape index (κ2) is 8.24. The first-order valence-electron chi connectivity index (χ1n) is 9.65. The Morgan fingerprint density at radius 1 is 1.07 bits per heavy atom. The van der Waals surface area contributed by atoms with Crippen LogP contribution in [0.15, 0.2) is 67.0 Å². The van der Waals surface area contributed by atoms with Crippen LogP contribution >= 0.6 is 0 Å². The van der Waals surface area contributed by atoms with E-state index < -0.39 is 0 Å². The molecule has 0 bridgehead atoms. The van der Waals surface area contributed by atoms with Gasteiger partial charge < -0.3 is 14.6 Å². The van der Waals surface area contributed by atoms with Crippen molar-refractivity contribution in [2.24, 2.45) is 7.05 Å². The van der Waals surface area contributed by atoms with E-state index in [0.29, 0.717) is 17.9 Å². The number of rotatable bonds is 6. The van der Waals surface area contributed by atoms with Gasteiger partial charge in [-0.1, -0.05) is 18.2 Å². The summed E-state index contributed by atoms with van der Waals surface area (Å²) in [5.41, 5.74) is 3.86. The molecule has 0 aliphatic rings. The van der Waals surface area contributed by atoms with E-state index in [1.807, 2.05) is 66.7 Å². The lowest BCUT2D eigenvalue weighted by Gasteiger charge is -2.09. The number of ether oxygens (including phenoxy) is 1. The highest BCUT2D eigenvalue weighted by molar-refractivity contribution is 6.05. The fourth-order valence-corrected chi connectivity index (χ4v) is 3.22. The molecule has 0 saturated carbocycles. The summed E-state index contributed by atoms with van der Waals surface area (Å²) < 4.78 is 9.48. The summed E-state index contributed by atoms with van der Waals surface area (Å²) in [6.45, 7) is 4.19. The second-order valence-electron chi connectivity index (χ2n) is 7.01. The minimum atomic E-state index is -0.190. The number of nitrogens with one attached hydrogen (secondary N) is 1. The quantitative estimate of drug-likeness (QED) is 0.529. The first-order valence-corrected chi connectivity index (χ1v) is 9.65. The Labute approximate surface area is 174 Å². The van der Waals surface area contributed by atoms with Crippen molar-refractivity contribution in [1.29, 1.82) is 0 Å². The van der Waals surface area contributed by atoms with Gasteiger partial charge in [-0.05, 0) is 50.2 Å². The van der Waals surface area contributed by atoms with Crippen LogP contribution in [0.1, 0.15) is 27.6 Å². The Hall–Kier alpha value is -3.87. The number of amides is 1. The van der Waals surface area contributed by atoms with Crippen molar-refractivity contribution < 1.29 is 9.53 Å². The molecule has 4 rings (SSSR count). The monoisotopic (exact) mass is 401 g/mol. The lowest BCUT2D eigenvalue weighted by molar-refractivity contribution is 0.102. The van der Waals surface area contributed by atoms with Crippen molar-refractivity contribution in [1.82, 2.24) is 19.3 Å². The Morgan fingerprint density at radius 3 is 2.47 bits per heavy atom. The van der Waals surface area contributed by atoms with Crippen molar-refractivity contribution in [3.63, 3.8) is 0 Å². The fraction of sp³-hybridized carbons (Fsp3) is 0.174. The van der Waals surface area contributed by atoms with Gasteiger partial charge in [-0.25, -0.2) is 9.67 Å². The lowest BCUT2D eigenvalue weighted by atomic mass is 10.2.